The van der Waals surface area contributed by atoms with E-state index in [1.807, 2.05) is 29.5 Å². The van der Waals surface area contributed by atoms with E-state index in [9.17, 15) is 9.59 Å². The summed E-state index contributed by atoms with van der Waals surface area (Å²) in [4.78, 5) is 31.7. The lowest BCUT2D eigenvalue weighted by Gasteiger charge is -2.29. The molecule has 5 nitrogen and oxygen atoms in total. The molecule has 0 aliphatic carbocycles. The van der Waals surface area contributed by atoms with E-state index in [1.165, 1.54) is 10.4 Å². The summed E-state index contributed by atoms with van der Waals surface area (Å²) >= 11 is 1.81. The Labute approximate surface area is 123 Å². The maximum Gasteiger partial charge on any atom is 0.314 e. The molecule has 3 heterocycles. The minimum Gasteiger partial charge on any atom is -0.367 e. The molecule has 2 aromatic heterocycles. The van der Waals surface area contributed by atoms with Crippen LogP contribution in [-0.2, 0) is 13.0 Å². The van der Waals surface area contributed by atoms with Crippen LogP contribution in [0.15, 0.2) is 39.2 Å². The lowest BCUT2D eigenvalue weighted by atomic mass is 10.1. The van der Waals surface area contributed by atoms with Gasteiger partial charge in [-0.1, -0.05) is 0 Å². The van der Waals surface area contributed by atoms with Gasteiger partial charge in [0, 0.05) is 23.7 Å². The van der Waals surface area contributed by atoms with E-state index in [0.29, 0.717) is 11.0 Å². The number of benzene rings is 1. The molecule has 4 rings (SSSR count). The van der Waals surface area contributed by atoms with Crippen molar-refractivity contribution in [3.05, 3.63) is 60.8 Å². The van der Waals surface area contributed by atoms with Crippen molar-refractivity contribution in [2.75, 3.05) is 11.4 Å². The van der Waals surface area contributed by atoms with E-state index in [1.54, 1.807) is 0 Å². The Morgan fingerprint density at radius 1 is 1.05 bits per heavy atom. The van der Waals surface area contributed by atoms with Gasteiger partial charge in [0.25, 0.3) is 0 Å². The smallest absolute Gasteiger partial charge is 0.314 e. The minimum atomic E-state index is -0.615. The molecule has 2 N–H and O–H groups in total. The number of H-pyrrole nitrogens is 2. The quantitative estimate of drug-likeness (QED) is 0.674. The van der Waals surface area contributed by atoms with Crippen molar-refractivity contribution < 1.29 is 0 Å². The first kappa shape index (κ1) is 12.4. The van der Waals surface area contributed by atoms with Gasteiger partial charge in [-0.3, -0.25) is 9.59 Å². The monoisotopic (exact) mass is 299 g/mol. The zero-order chi connectivity index (χ0) is 14.4. The third-order valence-electron chi connectivity index (χ3n) is 3.88. The molecule has 6 heteroatoms. The molecule has 1 aliphatic heterocycles. The Morgan fingerprint density at radius 2 is 1.86 bits per heavy atom. The normalized spacial score (nSPS) is 14.4. The van der Waals surface area contributed by atoms with Crippen LogP contribution in [0.4, 0.5) is 5.69 Å². The summed E-state index contributed by atoms with van der Waals surface area (Å²) < 4.78 is 0. The second-order valence-corrected chi connectivity index (χ2v) is 6.18. The SMILES string of the molecule is O=c1[nH]c2ccc(N3CCc4sccc4C3)cc2[nH]c1=O. The molecular formula is C15H13N3O2S. The van der Waals surface area contributed by atoms with Gasteiger partial charge in [0.1, 0.15) is 0 Å². The number of aromatic nitrogens is 2. The zero-order valence-corrected chi connectivity index (χ0v) is 12.0. The van der Waals surface area contributed by atoms with E-state index < -0.39 is 11.1 Å². The highest BCUT2D eigenvalue weighted by Crippen LogP contribution is 2.28. The van der Waals surface area contributed by atoms with Crippen LogP contribution in [0.1, 0.15) is 10.4 Å². The van der Waals surface area contributed by atoms with Gasteiger partial charge in [-0.25, -0.2) is 0 Å². The lowest BCUT2D eigenvalue weighted by molar-refractivity contribution is 0.744. The fraction of sp³-hybridized carbons (Fsp3) is 0.200. The van der Waals surface area contributed by atoms with Crippen molar-refractivity contribution >= 4 is 28.1 Å². The third-order valence-corrected chi connectivity index (χ3v) is 4.90. The summed E-state index contributed by atoms with van der Waals surface area (Å²) in [6.45, 7) is 1.85. The average Bonchev–Trinajstić information content (AvgIpc) is 2.95. The first-order valence-corrected chi connectivity index (χ1v) is 7.65. The summed E-state index contributed by atoms with van der Waals surface area (Å²) in [6, 6.07) is 7.91. The Kier molecular flexibility index (Phi) is 2.71. The highest BCUT2D eigenvalue weighted by atomic mass is 32.1. The van der Waals surface area contributed by atoms with Crippen LogP contribution in [-0.4, -0.2) is 16.5 Å². The van der Waals surface area contributed by atoms with Crippen LogP contribution in [0.3, 0.4) is 0 Å². The van der Waals surface area contributed by atoms with E-state index in [2.05, 4.69) is 26.3 Å². The molecule has 0 radical (unpaired) electrons. The Bertz CT molecular complexity index is 938. The Balaban J connectivity index is 1.76. The largest absolute Gasteiger partial charge is 0.367 e. The van der Waals surface area contributed by atoms with Gasteiger partial charge in [0.05, 0.1) is 11.0 Å². The van der Waals surface area contributed by atoms with E-state index in [0.717, 1.165) is 25.2 Å². The molecule has 106 valence electrons. The van der Waals surface area contributed by atoms with Gasteiger partial charge in [-0.05, 0) is 41.6 Å². The molecule has 0 saturated heterocycles. The topological polar surface area (TPSA) is 69.0 Å². The summed E-state index contributed by atoms with van der Waals surface area (Å²) in [7, 11) is 0. The van der Waals surface area contributed by atoms with Crippen molar-refractivity contribution in [1.82, 2.24) is 9.97 Å². The number of hydrogen-bond donors (Lipinski definition) is 2. The van der Waals surface area contributed by atoms with Crippen molar-refractivity contribution in [2.45, 2.75) is 13.0 Å². The molecule has 21 heavy (non-hydrogen) atoms. The van der Waals surface area contributed by atoms with Crippen LogP contribution in [0.25, 0.3) is 11.0 Å². The fourth-order valence-corrected chi connectivity index (χ4v) is 3.66. The van der Waals surface area contributed by atoms with Gasteiger partial charge >= 0.3 is 11.1 Å². The van der Waals surface area contributed by atoms with Gasteiger partial charge in [-0.2, -0.15) is 0 Å². The van der Waals surface area contributed by atoms with Crippen LogP contribution < -0.4 is 16.0 Å². The predicted molar refractivity (Wildman–Crippen MR) is 84.3 cm³/mol. The molecule has 0 amide bonds. The first-order valence-electron chi connectivity index (χ1n) is 6.77. The third kappa shape index (κ3) is 2.08. The van der Waals surface area contributed by atoms with Crippen molar-refractivity contribution in [3.63, 3.8) is 0 Å². The molecule has 0 fully saturated rings. The lowest BCUT2D eigenvalue weighted by Crippen LogP contribution is -2.30. The summed E-state index contributed by atoms with van der Waals surface area (Å²) in [5, 5.41) is 2.14. The highest BCUT2D eigenvalue weighted by molar-refractivity contribution is 7.10. The second-order valence-electron chi connectivity index (χ2n) is 5.18. The summed E-state index contributed by atoms with van der Waals surface area (Å²) in [5.74, 6) is 0. The molecule has 0 saturated carbocycles. The second kappa shape index (κ2) is 4.60. The van der Waals surface area contributed by atoms with Crippen molar-refractivity contribution in [1.29, 1.82) is 0 Å². The highest BCUT2D eigenvalue weighted by Gasteiger charge is 2.17. The summed E-state index contributed by atoms with van der Waals surface area (Å²) in [5.41, 5.74) is 2.52. The maximum absolute atomic E-state index is 11.4. The van der Waals surface area contributed by atoms with Gasteiger partial charge in [0.15, 0.2) is 0 Å². The molecule has 3 aromatic rings. The number of rotatable bonds is 1. The van der Waals surface area contributed by atoms with Gasteiger partial charge in [0.2, 0.25) is 0 Å². The minimum absolute atomic E-state index is 0.613. The van der Waals surface area contributed by atoms with Gasteiger partial charge < -0.3 is 14.9 Å². The molecule has 0 unspecified atom stereocenters. The van der Waals surface area contributed by atoms with E-state index in [4.69, 9.17) is 0 Å². The standard InChI is InChI=1S/C15H13N3O2S/c19-14-15(20)17-12-7-10(1-2-11(12)16-14)18-5-3-13-9(8-18)4-6-21-13/h1-2,4,6-7H,3,5,8H2,(H,16,19)(H,17,20). The van der Waals surface area contributed by atoms with Crippen molar-refractivity contribution in [2.24, 2.45) is 0 Å². The molecular weight excluding hydrogens is 286 g/mol. The molecule has 1 aliphatic rings. The van der Waals surface area contributed by atoms with Crippen LogP contribution in [0.5, 0.6) is 0 Å². The number of aromatic amines is 2. The average molecular weight is 299 g/mol. The number of nitrogens with one attached hydrogen (secondary N) is 2. The summed E-state index contributed by atoms with van der Waals surface area (Å²) in [6.07, 6.45) is 1.05. The van der Waals surface area contributed by atoms with Crippen LogP contribution in [0, 0.1) is 0 Å². The molecule has 1 aromatic carbocycles. The maximum atomic E-state index is 11.4. The van der Waals surface area contributed by atoms with Gasteiger partial charge in [-0.15, -0.1) is 11.3 Å². The number of hydrogen-bond acceptors (Lipinski definition) is 4. The van der Waals surface area contributed by atoms with E-state index >= 15 is 0 Å². The zero-order valence-electron chi connectivity index (χ0n) is 11.2. The predicted octanol–water partition coefficient (Wildman–Crippen LogP) is 1.84. The number of anilines is 1. The first-order chi connectivity index (χ1) is 10.2. The van der Waals surface area contributed by atoms with E-state index in [-0.39, 0.29) is 0 Å². The number of nitrogens with zero attached hydrogens (tertiary/aromatic N) is 1. The Morgan fingerprint density at radius 3 is 2.71 bits per heavy atom. The fourth-order valence-electron chi connectivity index (χ4n) is 2.77. The molecule has 0 bridgehead atoms. The number of thiophene rings is 1. The number of fused-ring (bicyclic) bond motifs is 2. The van der Waals surface area contributed by atoms with Crippen LogP contribution in [0.2, 0.25) is 0 Å². The molecule has 0 spiro atoms. The molecule has 0 atom stereocenters. The van der Waals surface area contributed by atoms with Crippen LogP contribution >= 0.6 is 11.3 Å². The van der Waals surface area contributed by atoms with Crippen molar-refractivity contribution in [3.8, 4) is 0 Å². The Hall–Kier alpha value is -2.34.